The molecular formula is C23H29F3NO6P. The quantitative estimate of drug-likeness (QED) is 0.288. The minimum absolute atomic E-state index is 0.0962. The number of aliphatic hydroxyl groups is 1. The second-order valence-electron chi connectivity index (χ2n) is 7.84. The molecule has 0 spiro atoms. The fourth-order valence-corrected chi connectivity index (χ4v) is 3.63. The highest BCUT2D eigenvalue weighted by Gasteiger charge is 2.35. The van der Waals surface area contributed by atoms with E-state index < -0.39 is 32.6 Å². The first kappa shape index (κ1) is 27.9. The Balaban J connectivity index is 2.02. The van der Waals surface area contributed by atoms with Gasteiger partial charge >= 0.3 is 14.9 Å². The van der Waals surface area contributed by atoms with Gasteiger partial charge in [-0.05, 0) is 61.1 Å². The Hall–Kier alpha value is -2.39. The summed E-state index contributed by atoms with van der Waals surface area (Å²) in [7, 11) is 2.49. The van der Waals surface area contributed by atoms with Gasteiger partial charge < -0.3 is 25.1 Å². The van der Waals surface area contributed by atoms with Crippen LogP contribution in [0.25, 0.3) is 0 Å². The zero-order chi connectivity index (χ0) is 25.2. The van der Waals surface area contributed by atoms with Crippen LogP contribution < -0.4 is 19.9 Å². The van der Waals surface area contributed by atoms with Crippen molar-refractivity contribution in [1.29, 1.82) is 0 Å². The number of methoxy groups -OCH3 is 2. The van der Waals surface area contributed by atoms with Gasteiger partial charge in [0.2, 0.25) is 0 Å². The van der Waals surface area contributed by atoms with Gasteiger partial charge in [-0.3, -0.25) is 4.52 Å². The normalized spacial score (nSPS) is 13.5. The summed E-state index contributed by atoms with van der Waals surface area (Å²) in [5.41, 5.74) is 5.21. The summed E-state index contributed by atoms with van der Waals surface area (Å²) in [6.45, 7) is -0.559. The summed E-state index contributed by atoms with van der Waals surface area (Å²) >= 11 is 0. The molecule has 188 valence electrons. The third-order valence-electron chi connectivity index (χ3n) is 5.30. The molecule has 0 saturated carbocycles. The predicted octanol–water partition coefficient (Wildman–Crippen LogP) is 4.58. The summed E-state index contributed by atoms with van der Waals surface area (Å²) in [4.78, 5) is 0. The molecule has 0 aliphatic heterocycles. The van der Waals surface area contributed by atoms with Crippen LogP contribution in [0.2, 0.25) is 0 Å². The summed E-state index contributed by atoms with van der Waals surface area (Å²) in [5, 5.41) is 9.45. The summed E-state index contributed by atoms with van der Waals surface area (Å²) in [6, 6.07) is 9.30. The van der Waals surface area contributed by atoms with Gasteiger partial charge in [0.15, 0.2) is 11.5 Å². The minimum atomic E-state index is -4.60. The van der Waals surface area contributed by atoms with Gasteiger partial charge in [0, 0.05) is 0 Å². The van der Waals surface area contributed by atoms with Crippen molar-refractivity contribution in [3.63, 3.8) is 0 Å². The largest absolute Gasteiger partial charge is 0.493 e. The number of aliphatic hydroxyl groups excluding tert-OH is 1. The van der Waals surface area contributed by atoms with Crippen LogP contribution in [-0.2, 0) is 28.1 Å². The van der Waals surface area contributed by atoms with Crippen LogP contribution in [0.1, 0.15) is 29.5 Å². The van der Waals surface area contributed by atoms with E-state index in [4.69, 9.17) is 24.5 Å². The molecule has 3 N–H and O–H groups in total. The number of ether oxygens (including phenoxy) is 3. The van der Waals surface area contributed by atoms with Crippen LogP contribution in [0.3, 0.4) is 0 Å². The molecule has 0 aliphatic carbocycles. The van der Waals surface area contributed by atoms with Crippen molar-refractivity contribution < 1.29 is 41.6 Å². The Kier molecular flexibility index (Phi) is 10.6. The van der Waals surface area contributed by atoms with Crippen LogP contribution in [0, 0.1) is 0 Å². The van der Waals surface area contributed by atoms with Crippen molar-refractivity contribution in [2.75, 3.05) is 34.0 Å². The highest BCUT2D eigenvalue weighted by molar-refractivity contribution is 7.17. The number of hydrogen-bond acceptors (Lipinski definition) is 7. The molecule has 11 heteroatoms. The average Bonchev–Trinajstić information content (AvgIpc) is 2.83. The lowest BCUT2D eigenvalue weighted by molar-refractivity contribution is -0.139. The molecule has 7 nitrogen and oxygen atoms in total. The van der Waals surface area contributed by atoms with Gasteiger partial charge in [-0.25, -0.2) is 4.57 Å². The molecule has 0 aliphatic rings. The molecule has 0 amide bonds. The van der Waals surface area contributed by atoms with Gasteiger partial charge in [-0.15, -0.1) is 0 Å². The molecule has 0 bridgehead atoms. The SMILES string of the molecule is COc1ccc(CCCOc2ccc(CCC(N)(CO)COP=O)cc2C(F)(F)F)cc1OC. The number of hydrogen-bond donors (Lipinski definition) is 2. The van der Waals surface area contributed by atoms with E-state index in [1.807, 2.05) is 12.1 Å². The Morgan fingerprint density at radius 2 is 1.62 bits per heavy atom. The highest BCUT2D eigenvalue weighted by atomic mass is 31.1. The van der Waals surface area contributed by atoms with E-state index in [-0.39, 0.29) is 31.8 Å². The van der Waals surface area contributed by atoms with Gasteiger partial charge in [-0.1, -0.05) is 12.1 Å². The third-order valence-corrected chi connectivity index (χ3v) is 5.53. The first-order valence-electron chi connectivity index (χ1n) is 10.5. The lowest BCUT2D eigenvalue weighted by Crippen LogP contribution is -2.47. The monoisotopic (exact) mass is 503 g/mol. The fourth-order valence-electron chi connectivity index (χ4n) is 3.32. The van der Waals surface area contributed by atoms with Gasteiger partial charge in [-0.2, -0.15) is 13.2 Å². The van der Waals surface area contributed by atoms with Crippen LogP contribution in [-0.4, -0.2) is 44.7 Å². The Bertz CT molecular complexity index is 943. The number of alkyl halides is 3. The lowest BCUT2D eigenvalue weighted by atomic mass is 9.93. The summed E-state index contributed by atoms with van der Waals surface area (Å²) < 4.78 is 72.0. The maximum Gasteiger partial charge on any atom is 0.419 e. The highest BCUT2D eigenvalue weighted by Crippen LogP contribution is 2.37. The van der Waals surface area contributed by atoms with Crippen molar-refractivity contribution in [1.82, 2.24) is 0 Å². The maximum absolute atomic E-state index is 13.6. The molecule has 34 heavy (non-hydrogen) atoms. The topological polar surface area (TPSA) is 100 Å². The molecule has 0 aromatic heterocycles. The van der Waals surface area contributed by atoms with E-state index in [0.717, 1.165) is 11.6 Å². The van der Waals surface area contributed by atoms with E-state index in [1.54, 1.807) is 6.07 Å². The third kappa shape index (κ3) is 8.13. The van der Waals surface area contributed by atoms with Crippen molar-refractivity contribution in [3.05, 3.63) is 53.1 Å². The van der Waals surface area contributed by atoms with Crippen LogP contribution >= 0.6 is 8.69 Å². The van der Waals surface area contributed by atoms with Crippen LogP contribution in [0.15, 0.2) is 36.4 Å². The smallest absolute Gasteiger partial charge is 0.419 e. The number of rotatable bonds is 14. The number of halogens is 3. The summed E-state index contributed by atoms with van der Waals surface area (Å²) in [5.74, 6) is 0.928. The lowest BCUT2D eigenvalue weighted by Gasteiger charge is -2.25. The molecule has 0 radical (unpaired) electrons. The van der Waals surface area contributed by atoms with Crippen molar-refractivity contribution in [2.24, 2.45) is 5.73 Å². The molecule has 0 heterocycles. The molecular weight excluding hydrogens is 474 g/mol. The Labute approximate surface area is 198 Å². The number of nitrogens with two attached hydrogens (primary N) is 1. The number of aryl methyl sites for hydroxylation is 2. The molecule has 0 fully saturated rings. The van der Waals surface area contributed by atoms with E-state index in [0.29, 0.717) is 29.9 Å². The van der Waals surface area contributed by atoms with E-state index in [2.05, 4.69) is 0 Å². The van der Waals surface area contributed by atoms with E-state index >= 15 is 0 Å². The van der Waals surface area contributed by atoms with Crippen molar-refractivity contribution in [2.45, 2.75) is 37.4 Å². The molecule has 2 aromatic rings. The van der Waals surface area contributed by atoms with Gasteiger partial charge in [0.05, 0.1) is 45.1 Å². The number of benzene rings is 2. The standard InChI is InChI=1S/C23H29F3NO6P/c1-30-20-8-6-16(13-21(20)31-2)4-3-11-32-19-7-5-17(12-18(19)23(24,25)26)9-10-22(27,14-28)15-33-34-29/h5-8,12-13,28H,3-4,9-11,14-15,27H2,1-2H3. The summed E-state index contributed by atoms with van der Waals surface area (Å²) in [6.07, 6.45) is -3.21. The minimum Gasteiger partial charge on any atom is -0.493 e. The zero-order valence-electron chi connectivity index (χ0n) is 19.1. The predicted molar refractivity (Wildman–Crippen MR) is 121 cm³/mol. The molecule has 0 saturated heterocycles. The molecule has 2 aromatic carbocycles. The first-order valence-corrected chi connectivity index (χ1v) is 11.3. The van der Waals surface area contributed by atoms with Gasteiger partial charge in [0.25, 0.3) is 0 Å². The van der Waals surface area contributed by atoms with Crippen molar-refractivity contribution in [3.8, 4) is 17.2 Å². The first-order chi connectivity index (χ1) is 16.2. The maximum atomic E-state index is 13.6. The Morgan fingerprint density at radius 3 is 2.21 bits per heavy atom. The molecule has 1 unspecified atom stereocenters. The average molecular weight is 503 g/mol. The van der Waals surface area contributed by atoms with E-state index in [1.165, 1.54) is 26.4 Å². The van der Waals surface area contributed by atoms with Gasteiger partial charge in [0.1, 0.15) is 5.75 Å². The molecule has 1 atom stereocenters. The zero-order valence-corrected chi connectivity index (χ0v) is 20.0. The fraction of sp³-hybridized carbons (Fsp3) is 0.478. The van der Waals surface area contributed by atoms with Crippen molar-refractivity contribution >= 4 is 8.69 Å². The second-order valence-corrected chi connectivity index (χ2v) is 8.25. The van der Waals surface area contributed by atoms with E-state index in [9.17, 15) is 22.8 Å². The molecule has 2 rings (SSSR count). The second kappa shape index (κ2) is 12.9. The Morgan fingerprint density at radius 1 is 0.971 bits per heavy atom. The van der Waals surface area contributed by atoms with Crippen LogP contribution in [0.4, 0.5) is 13.2 Å². The van der Waals surface area contributed by atoms with Crippen LogP contribution in [0.5, 0.6) is 17.2 Å².